The molecule has 0 radical (unpaired) electrons. The molecule has 0 unspecified atom stereocenters. The summed E-state index contributed by atoms with van der Waals surface area (Å²) in [5.41, 5.74) is 2.19. The van der Waals surface area contributed by atoms with Crippen LogP contribution in [0.3, 0.4) is 0 Å². The van der Waals surface area contributed by atoms with Crippen molar-refractivity contribution in [1.82, 2.24) is 9.78 Å². The van der Waals surface area contributed by atoms with Gasteiger partial charge in [-0.3, -0.25) is 4.68 Å². The van der Waals surface area contributed by atoms with Crippen LogP contribution in [-0.2, 0) is 11.3 Å². The van der Waals surface area contributed by atoms with Crippen LogP contribution in [0.4, 0.5) is 0 Å². The van der Waals surface area contributed by atoms with E-state index < -0.39 is 5.97 Å². The average Bonchev–Trinajstić information content (AvgIpc) is 2.76. The number of hydrogen-bond donors (Lipinski definition) is 1. The summed E-state index contributed by atoms with van der Waals surface area (Å²) in [6.07, 6.45) is 0. The van der Waals surface area contributed by atoms with Gasteiger partial charge in [-0.25, -0.2) is 4.79 Å². The van der Waals surface area contributed by atoms with E-state index >= 15 is 0 Å². The van der Waals surface area contributed by atoms with Crippen LogP contribution in [0.1, 0.15) is 23.9 Å². The highest BCUT2D eigenvalue weighted by Crippen LogP contribution is 2.31. The Balaban J connectivity index is 2.68. The van der Waals surface area contributed by atoms with Gasteiger partial charge in [-0.05, 0) is 20.8 Å². The van der Waals surface area contributed by atoms with Crippen molar-refractivity contribution >= 4 is 22.6 Å². The van der Waals surface area contributed by atoms with Crippen molar-refractivity contribution in [2.75, 3.05) is 0 Å². The molecule has 0 saturated heterocycles. The molecule has 2 aromatic rings. The molecule has 0 aliphatic carbocycles. The van der Waals surface area contributed by atoms with Crippen LogP contribution >= 0.6 is 0 Å². The van der Waals surface area contributed by atoms with E-state index in [1.807, 2.05) is 25.5 Å². The fourth-order valence-electron chi connectivity index (χ4n) is 2.00. The lowest BCUT2D eigenvalue weighted by atomic mass is 10.1. The Morgan fingerprint density at radius 3 is 2.65 bits per heavy atom. The van der Waals surface area contributed by atoms with E-state index in [9.17, 15) is 4.79 Å². The van der Waals surface area contributed by atoms with Crippen molar-refractivity contribution in [1.29, 1.82) is 0 Å². The molecule has 5 nitrogen and oxygen atoms in total. The molecule has 0 spiro atoms. The van der Waals surface area contributed by atoms with E-state index in [0.29, 0.717) is 11.5 Å². The molecular formula is C12H14N2O3. The molecule has 5 heteroatoms. The lowest BCUT2D eigenvalue weighted by Crippen LogP contribution is -2.00. The Kier molecular flexibility index (Phi) is 2.53. The lowest BCUT2D eigenvalue weighted by Gasteiger charge is -2.00. The minimum Gasteiger partial charge on any atom is -0.478 e. The molecule has 2 aromatic heterocycles. The molecule has 17 heavy (non-hydrogen) atoms. The zero-order valence-corrected chi connectivity index (χ0v) is 10.1. The maximum atomic E-state index is 10.9. The van der Waals surface area contributed by atoms with E-state index in [2.05, 4.69) is 11.7 Å². The number of furan rings is 1. The predicted octanol–water partition coefficient (Wildman–Crippen LogP) is 2.36. The molecule has 0 amide bonds. The van der Waals surface area contributed by atoms with Gasteiger partial charge >= 0.3 is 5.97 Å². The molecule has 2 rings (SSSR count). The third-order valence-electron chi connectivity index (χ3n) is 2.92. The molecular weight excluding hydrogens is 220 g/mol. The Bertz CT molecular complexity index is 619. The van der Waals surface area contributed by atoms with Crippen molar-refractivity contribution < 1.29 is 14.3 Å². The summed E-state index contributed by atoms with van der Waals surface area (Å²) in [7, 11) is 0. The summed E-state index contributed by atoms with van der Waals surface area (Å²) in [4.78, 5) is 10.9. The predicted molar refractivity (Wildman–Crippen MR) is 63.8 cm³/mol. The number of nitrogens with zero attached hydrogens (tertiary/aromatic N) is 2. The van der Waals surface area contributed by atoms with Gasteiger partial charge in [0, 0.05) is 17.8 Å². The number of aryl methyl sites for hydroxylation is 3. The standard InChI is InChI=1S/C12H14N2O3/c1-5-14-8(4)9-6(2)10(7(3)12(15)16)17-11(9)13-14/h3,5H2,1-2,4H3,(H,15,16). The summed E-state index contributed by atoms with van der Waals surface area (Å²) < 4.78 is 7.30. The van der Waals surface area contributed by atoms with Crippen LogP contribution in [0.5, 0.6) is 0 Å². The SMILES string of the molecule is C=C(C(=O)O)c1oc2nn(CC)c(C)c2c1C. The van der Waals surface area contributed by atoms with E-state index in [4.69, 9.17) is 9.52 Å². The monoisotopic (exact) mass is 234 g/mol. The van der Waals surface area contributed by atoms with Gasteiger partial charge in [-0.2, -0.15) is 0 Å². The number of carboxylic acids is 1. The van der Waals surface area contributed by atoms with Crippen molar-refractivity contribution in [2.24, 2.45) is 0 Å². The van der Waals surface area contributed by atoms with Crippen LogP contribution in [0.25, 0.3) is 16.7 Å². The van der Waals surface area contributed by atoms with Gasteiger partial charge in [-0.1, -0.05) is 6.58 Å². The maximum Gasteiger partial charge on any atom is 0.338 e. The van der Waals surface area contributed by atoms with E-state index in [1.54, 1.807) is 0 Å². The first-order valence-electron chi connectivity index (χ1n) is 5.36. The number of aromatic nitrogens is 2. The van der Waals surface area contributed by atoms with Crippen LogP contribution in [0, 0.1) is 13.8 Å². The van der Waals surface area contributed by atoms with Crippen molar-refractivity contribution in [3.8, 4) is 0 Å². The summed E-state index contributed by atoms with van der Waals surface area (Å²) in [6, 6.07) is 0. The molecule has 0 aliphatic rings. The van der Waals surface area contributed by atoms with Crippen LogP contribution in [-0.4, -0.2) is 20.9 Å². The zero-order valence-electron chi connectivity index (χ0n) is 10.1. The molecule has 0 atom stereocenters. The molecule has 1 N–H and O–H groups in total. The number of rotatable bonds is 3. The smallest absolute Gasteiger partial charge is 0.338 e. The van der Waals surface area contributed by atoms with Gasteiger partial charge in [0.1, 0.15) is 5.76 Å². The minimum atomic E-state index is -1.08. The highest BCUT2D eigenvalue weighted by Gasteiger charge is 2.21. The van der Waals surface area contributed by atoms with E-state index in [1.165, 1.54) is 0 Å². The lowest BCUT2D eigenvalue weighted by molar-refractivity contribution is -0.130. The molecule has 0 fully saturated rings. The van der Waals surface area contributed by atoms with Crippen molar-refractivity contribution in [3.05, 3.63) is 23.6 Å². The van der Waals surface area contributed by atoms with E-state index in [0.717, 1.165) is 23.2 Å². The second-order valence-electron chi connectivity index (χ2n) is 3.92. The summed E-state index contributed by atoms with van der Waals surface area (Å²) in [5, 5.41) is 14.1. The highest BCUT2D eigenvalue weighted by atomic mass is 16.4. The first kappa shape index (κ1) is 11.4. The molecule has 90 valence electrons. The molecule has 0 aliphatic heterocycles. The summed E-state index contributed by atoms with van der Waals surface area (Å²) in [5.74, 6) is -0.771. The average molecular weight is 234 g/mol. The third-order valence-corrected chi connectivity index (χ3v) is 2.92. The Morgan fingerprint density at radius 2 is 2.18 bits per heavy atom. The van der Waals surface area contributed by atoms with Crippen molar-refractivity contribution in [3.63, 3.8) is 0 Å². The second kappa shape index (κ2) is 3.76. The molecule has 0 aromatic carbocycles. The molecule has 0 saturated carbocycles. The van der Waals surface area contributed by atoms with Gasteiger partial charge in [0.05, 0.1) is 11.0 Å². The number of hydrogen-bond acceptors (Lipinski definition) is 3. The largest absolute Gasteiger partial charge is 0.478 e. The van der Waals surface area contributed by atoms with Crippen molar-refractivity contribution in [2.45, 2.75) is 27.3 Å². The van der Waals surface area contributed by atoms with Gasteiger partial charge in [0.15, 0.2) is 0 Å². The minimum absolute atomic E-state index is 0.0389. The quantitative estimate of drug-likeness (QED) is 0.828. The topological polar surface area (TPSA) is 68.3 Å². The summed E-state index contributed by atoms with van der Waals surface area (Å²) >= 11 is 0. The van der Waals surface area contributed by atoms with E-state index in [-0.39, 0.29) is 5.57 Å². The molecule has 2 heterocycles. The summed E-state index contributed by atoms with van der Waals surface area (Å²) in [6.45, 7) is 10.0. The number of carbonyl (C=O) groups is 1. The maximum absolute atomic E-state index is 10.9. The first-order chi connectivity index (χ1) is 7.97. The molecule has 0 bridgehead atoms. The first-order valence-corrected chi connectivity index (χ1v) is 5.36. The fraction of sp³-hybridized carbons (Fsp3) is 0.333. The third kappa shape index (κ3) is 1.54. The van der Waals surface area contributed by atoms with Crippen LogP contribution < -0.4 is 0 Å². The second-order valence-corrected chi connectivity index (χ2v) is 3.92. The van der Waals surface area contributed by atoms with Gasteiger partial charge in [0.25, 0.3) is 0 Å². The Labute approximate surface area is 98.3 Å². The fourth-order valence-corrected chi connectivity index (χ4v) is 2.00. The normalized spacial score (nSPS) is 11.0. The Hall–Kier alpha value is -2.04. The zero-order chi connectivity index (χ0) is 12.7. The number of carboxylic acid groups (broad SMARTS) is 1. The van der Waals surface area contributed by atoms with Gasteiger partial charge < -0.3 is 9.52 Å². The Morgan fingerprint density at radius 1 is 1.53 bits per heavy atom. The van der Waals surface area contributed by atoms with Crippen LogP contribution in [0.2, 0.25) is 0 Å². The van der Waals surface area contributed by atoms with Gasteiger partial charge in [0.2, 0.25) is 5.71 Å². The number of fused-ring (bicyclic) bond motifs is 1. The van der Waals surface area contributed by atoms with Gasteiger partial charge in [-0.15, -0.1) is 5.10 Å². The number of aliphatic carboxylic acids is 1. The highest BCUT2D eigenvalue weighted by molar-refractivity contribution is 6.15. The van der Waals surface area contributed by atoms with Crippen LogP contribution in [0.15, 0.2) is 11.0 Å².